The summed E-state index contributed by atoms with van der Waals surface area (Å²) in [6, 6.07) is -0.644. The molecule has 0 aromatic rings. The number of hydrogen-bond donors (Lipinski definition) is 4. The van der Waals surface area contributed by atoms with Gasteiger partial charge in [0.25, 0.3) is 0 Å². The Morgan fingerprint density at radius 3 is 1.61 bits per heavy atom. The van der Waals surface area contributed by atoms with Crippen LogP contribution in [0.15, 0.2) is 0 Å². The molecule has 0 radical (unpaired) electrons. The summed E-state index contributed by atoms with van der Waals surface area (Å²) in [7, 11) is 0. The smallest absolute Gasteiger partial charge is 0.242 e. The lowest BCUT2D eigenvalue weighted by atomic mass is 10.1. The van der Waals surface area contributed by atoms with E-state index in [2.05, 4.69) is 28.2 Å². The molecule has 0 aliphatic rings. The minimum Gasteiger partial charge on any atom is -0.377 e. The van der Waals surface area contributed by atoms with Crippen LogP contribution in [0.2, 0.25) is 0 Å². The molecule has 0 aliphatic heterocycles. The molecule has 0 saturated carbocycles. The minimum absolute atomic E-state index is 0.0377. The van der Waals surface area contributed by atoms with E-state index in [9.17, 15) is 19.2 Å². The summed E-state index contributed by atoms with van der Waals surface area (Å²) in [6.07, 6.45) is 16.3. The molecule has 0 heterocycles. The Labute approximate surface area is 249 Å². The number of rotatable bonds is 29. The van der Waals surface area contributed by atoms with E-state index < -0.39 is 6.04 Å². The molecule has 41 heavy (non-hydrogen) atoms. The fourth-order valence-corrected chi connectivity index (χ4v) is 4.22. The molecule has 4 N–H and O–H groups in total. The lowest BCUT2D eigenvalue weighted by Crippen LogP contribution is -2.47. The van der Waals surface area contributed by atoms with Gasteiger partial charge in [-0.25, -0.2) is 0 Å². The van der Waals surface area contributed by atoms with Gasteiger partial charge in [0, 0.05) is 38.9 Å². The van der Waals surface area contributed by atoms with Crippen LogP contribution in [0.3, 0.4) is 0 Å². The first-order valence-corrected chi connectivity index (χ1v) is 16.2. The average Bonchev–Trinajstić information content (AvgIpc) is 2.97. The highest BCUT2D eigenvalue weighted by Gasteiger charge is 2.19. The molecule has 0 rings (SSSR count). The molecule has 240 valence electrons. The van der Waals surface area contributed by atoms with Crippen LogP contribution in [0, 0.1) is 0 Å². The van der Waals surface area contributed by atoms with Crippen LogP contribution in [0.25, 0.3) is 0 Å². The number of nitrogens with one attached hydrogen (secondary N) is 4. The van der Waals surface area contributed by atoms with E-state index in [1.54, 1.807) is 13.8 Å². The fourth-order valence-electron chi connectivity index (χ4n) is 4.22. The first kappa shape index (κ1) is 38.8. The van der Waals surface area contributed by atoms with E-state index in [4.69, 9.17) is 9.47 Å². The average molecular weight is 585 g/mol. The Bertz CT molecular complexity index is 677. The molecule has 0 saturated heterocycles. The largest absolute Gasteiger partial charge is 0.377 e. The molecule has 0 bridgehead atoms. The Morgan fingerprint density at radius 1 is 0.537 bits per heavy atom. The van der Waals surface area contributed by atoms with Crippen LogP contribution in [0.4, 0.5) is 0 Å². The van der Waals surface area contributed by atoms with Gasteiger partial charge in [0.05, 0.1) is 26.4 Å². The van der Waals surface area contributed by atoms with Crippen molar-refractivity contribution in [1.82, 2.24) is 21.3 Å². The maximum atomic E-state index is 12.5. The van der Waals surface area contributed by atoms with Gasteiger partial charge in [-0.1, -0.05) is 85.0 Å². The van der Waals surface area contributed by atoms with Crippen LogP contribution in [-0.4, -0.2) is 75.7 Å². The number of amides is 4. The molecule has 10 nitrogen and oxygen atoms in total. The number of ether oxygens (including phenoxy) is 2. The summed E-state index contributed by atoms with van der Waals surface area (Å²) in [5.74, 6) is -0.418. The van der Waals surface area contributed by atoms with Crippen molar-refractivity contribution in [2.24, 2.45) is 0 Å². The zero-order valence-corrected chi connectivity index (χ0v) is 26.3. The molecule has 0 aliphatic carbocycles. The highest BCUT2D eigenvalue weighted by Crippen LogP contribution is 2.11. The highest BCUT2D eigenvalue weighted by atomic mass is 16.5. The summed E-state index contributed by atoms with van der Waals surface area (Å²) in [6.45, 7) is 8.57. The third-order valence-corrected chi connectivity index (χ3v) is 6.78. The standard InChI is InChI=1S/C31H60N4O6/c1-4-7-8-9-10-11-12-13-14-15-16-19-30(38)33-21-23-40-25-26-41-24-22-34-31(39)27(35-29(37)6-3)18-17-20-32-28(36)5-2/h27H,4-26H2,1-3H3,(H,32,36)(H,33,38)(H,34,39)(H,35,37). The zero-order chi connectivity index (χ0) is 30.4. The molecule has 0 aromatic carbocycles. The van der Waals surface area contributed by atoms with Crippen molar-refractivity contribution in [2.45, 2.75) is 130 Å². The molecule has 4 amide bonds. The second-order valence-electron chi connectivity index (χ2n) is 10.5. The third kappa shape index (κ3) is 26.4. The Kier molecular flexibility index (Phi) is 27.7. The molecule has 0 aromatic heterocycles. The molecule has 0 spiro atoms. The monoisotopic (exact) mass is 584 g/mol. The summed E-state index contributed by atoms with van der Waals surface area (Å²) in [4.78, 5) is 47.5. The van der Waals surface area contributed by atoms with E-state index in [0.29, 0.717) is 78.2 Å². The lowest BCUT2D eigenvalue weighted by molar-refractivity contribution is -0.129. The maximum Gasteiger partial charge on any atom is 0.242 e. The van der Waals surface area contributed by atoms with Crippen molar-refractivity contribution in [3.63, 3.8) is 0 Å². The molecule has 10 heteroatoms. The van der Waals surface area contributed by atoms with Crippen molar-refractivity contribution in [3.05, 3.63) is 0 Å². The highest BCUT2D eigenvalue weighted by molar-refractivity contribution is 5.87. The molecule has 1 atom stereocenters. The number of carbonyl (C=O) groups excluding carboxylic acids is 4. The Morgan fingerprint density at radius 2 is 1.05 bits per heavy atom. The summed E-state index contributed by atoms with van der Waals surface area (Å²) in [5.41, 5.74) is 0. The fraction of sp³-hybridized carbons (Fsp3) is 0.871. The van der Waals surface area contributed by atoms with Gasteiger partial charge >= 0.3 is 0 Å². The van der Waals surface area contributed by atoms with Crippen molar-refractivity contribution in [3.8, 4) is 0 Å². The second kappa shape index (κ2) is 29.3. The van der Waals surface area contributed by atoms with Crippen molar-refractivity contribution >= 4 is 23.6 Å². The molecule has 1 unspecified atom stereocenters. The minimum atomic E-state index is -0.644. The summed E-state index contributed by atoms with van der Waals surface area (Å²) < 4.78 is 11.0. The number of hydrogen-bond acceptors (Lipinski definition) is 6. The predicted octanol–water partition coefficient (Wildman–Crippen LogP) is 4.15. The van der Waals surface area contributed by atoms with Crippen LogP contribution in [-0.2, 0) is 28.7 Å². The van der Waals surface area contributed by atoms with Gasteiger partial charge in [0.2, 0.25) is 23.6 Å². The van der Waals surface area contributed by atoms with Crippen molar-refractivity contribution in [2.75, 3.05) is 46.1 Å². The van der Waals surface area contributed by atoms with Gasteiger partial charge in [-0.2, -0.15) is 0 Å². The van der Waals surface area contributed by atoms with Gasteiger partial charge in [-0.15, -0.1) is 0 Å². The van der Waals surface area contributed by atoms with Gasteiger partial charge in [-0.05, 0) is 19.3 Å². The first-order valence-electron chi connectivity index (χ1n) is 16.2. The zero-order valence-electron chi connectivity index (χ0n) is 26.3. The summed E-state index contributed by atoms with van der Waals surface area (Å²) >= 11 is 0. The van der Waals surface area contributed by atoms with Crippen LogP contribution >= 0.6 is 0 Å². The molecular formula is C31H60N4O6. The predicted molar refractivity (Wildman–Crippen MR) is 163 cm³/mol. The summed E-state index contributed by atoms with van der Waals surface area (Å²) in [5, 5.41) is 11.2. The van der Waals surface area contributed by atoms with E-state index in [1.165, 1.54) is 57.8 Å². The van der Waals surface area contributed by atoms with E-state index >= 15 is 0 Å². The van der Waals surface area contributed by atoms with Gasteiger partial charge < -0.3 is 30.7 Å². The second-order valence-corrected chi connectivity index (χ2v) is 10.5. The number of carbonyl (C=O) groups is 4. The molecule has 0 fully saturated rings. The SMILES string of the molecule is CCCCCCCCCCCCCC(=O)NCCOCCOCCNC(=O)C(CCCNC(=O)CC)NC(=O)CC. The van der Waals surface area contributed by atoms with E-state index in [-0.39, 0.29) is 23.6 Å². The van der Waals surface area contributed by atoms with Gasteiger partial charge in [0.1, 0.15) is 6.04 Å². The van der Waals surface area contributed by atoms with Gasteiger partial charge in [0.15, 0.2) is 0 Å². The van der Waals surface area contributed by atoms with E-state index in [1.807, 2.05) is 0 Å². The number of unbranched alkanes of at least 4 members (excludes halogenated alkanes) is 10. The maximum absolute atomic E-state index is 12.5. The topological polar surface area (TPSA) is 135 Å². The van der Waals surface area contributed by atoms with Gasteiger partial charge in [-0.3, -0.25) is 19.2 Å². The van der Waals surface area contributed by atoms with Crippen molar-refractivity contribution in [1.29, 1.82) is 0 Å². The van der Waals surface area contributed by atoms with Crippen molar-refractivity contribution < 1.29 is 28.7 Å². The first-order chi connectivity index (χ1) is 19.9. The quantitative estimate of drug-likeness (QED) is 0.0976. The third-order valence-electron chi connectivity index (χ3n) is 6.78. The normalized spacial score (nSPS) is 11.6. The van der Waals surface area contributed by atoms with E-state index in [0.717, 1.165) is 12.8 Å². The van der Waals surface area contributed by atoms with Crippen LogP contribution < -0.4 is 21.3 Å². The van der Waals surface area contributed by atoms with Crippen LogP contribution in [0.5, 0.6) is 0 Å². The lowest BCUT2D eigenvalue weighted by Gasteiger charge is -2.18. The van der Waals surface area contributed by atoms with Crippen LogP contribution in [0.1, 0.15) is 124 Å². The molecular weight excluding hydrogens is 524 g/mol. The Hall–Kier alpha value is -2.20. The Balaban J connectivity index is 3.67.